The van der Waals surface area contributed by atoms with Gasteiger partial charge in [0.05, 0.1) is 12.5 Å². The molecule has 0 aromatic heterocycles. The van der Waals surface area contributed by atoms with Gasteiger partial charge < -0.3 is 15.5 Å². The minimum absolute atomic E-state index is 0.176. The van der Waals surface area contributed by atoms with Crippen LogP contribution in [0.15, 0.2) is 0 Å². The van der Waals surface area contributed by atoms with Gasteiger partial charge in [0.1, 0.15) is 0 Å². The van der Waals surface area contributed by atoms with Crippen molar-refractivity contribution in [2.45, 2.75) is 51.7 Å². The summed E-state index contributed by atoms with van der Waals surface area (Å²) in [5.41, 5.74) is 0. The molecule has 0 aliphatic heterocycles. The summed E-state index contributed by atoms with van der Waals surface area (Å²) in [4.78, 5) is 10.4. The third kappa shape index (κ3) is 4.94. The highest BCUT2D eigenvalue weighted by atomic mass is 16.4. The first-order chi connectivity index (χ1) is 7.47. The molecular formula is C12H23NO3. The van der Waals surface area contributed by atoms with Crippen LogP contribution < -0.4 is 5.32 Å². The van der Waals surface area contributed by atoms with Gasteiger partial charge in [0.25, 0.3) is 0 Å². The number of carboxylic acid groups (broad SMARTS) is 1. The number of carboxylic acids is 1. The molecule has 3 atom stereocenters. The van der Waals surface area contributed by atoms with Gasteiger partial charge in [0.15, 0.2) is 0 Å². The molecule has 0 saturated heterocycles. The Morgan fingerprint density at radius 1 is 1.31 bits per heavy atom. The van der Waals surface area contributed by atoms with Crippen LogP contribution in [0.3, 0.4) is 0 Å². The molecule has 94 valence electrons. The average molecular weight is 229 g/mol. The highest BCUT2D eigenvalue weighted by Crippen LogP contribution is 2.28. The summed E-state index contributed by atoms with van der Waals surface area (Å²) in [6.45, 7) is 4.88. The third-order valence-corrected chi connectivity index (χ3v) is 3.23. The van der Waals surface area contributed by atoms with E-state index in [2.05, 4.69) is 19.2 Å². The second-order valence-corrected chi connectivity index (χ2v) is 5.27. The first kappa shape index (κ1) is 13.5. The first-order valence-corrected chi connectivity index (χ1v) is 6.10. The number of hydrogen-bond donors (Lipinski definition) is 3. The molecule has 0 spiro atoms. The maximum Gasteiger partial charge on any atom is 0.306 e. The molecule has 4 nitrogen and oxygen atoms in total. The molecule has 0 radical (unpaired) electrons. The Balaban J connectivity index is 2.23. The fourth-order valence-corrected chi connectivity index (χ4v) is 2.69. The summed E-state index contributed by atoms with van der Waals surface area (Å²) >= 11 is 0. The summed E-state index contributed by atoms with van der Waals surface area (Å²) in [5.74, 6) is 0.496. The molecule has 3 N–H and O–H groups in total. The zero-order valence-corrected chi connectivity index (χ0v) is 10.1. The molecule has 0 aromatic rings. The van der Waals surface area contributed by atoms with E-state index in [9.17, 15) is 9.90 Å². The van der Waals surface area contributed by atoms with E-state index in [1.807, 2.05) is 0 Å². The first-order valence-electron chi connectivity index (χ1n) is 6.10. The van der Waals surface area contributed by atoms with Gasteiger partial charge in [-0.05, 0) is 31.1 Å². The summed E-state index contributed by atoms with van der Waals surface area (Å²) in [6, 6.07) is 0.433. The summed E-state index contributed by atoms with van der Waals surface area (Å²) in [7, 11) is 0. The van der Waals surface area contributed by atoms with Gasteiger partial charge in [-0.15, -0.1) is 0 Å². The topological polar surface area (TPSA) is 69.6 Å². The zero-order valence-electron chi connectivity index (χ0n) is 10.1. The lowest BCUT2D eigenvalue weighted by Crippen LogP contribution is -2.40. The molecule has 1 fully saturated rings. The minimum atomic E-state index is -0.945. The molecule has 16 heavy (non-hydrogen) atoms. The van der Waals surface area contributed by atoms with Gasteiger partial charge in [-0.3, -0.25) is 4.79 Å². The van der Waals surface area contributed by atoms with E-state index in [4.69, 9.17) is 5.11 Å². The Morgan fingerprint density at radius 2 is 1.88 bits per heavy atom. The van der Waals surface area contributed by atoms with E-state index < -0.39 is 12.1 Å². The van der Waals surface area contributed by atoms with Crippen LogP contribution in [0.4, 0.5) is 0 Å². The smallest absolute Gasteiger partial charge is 0.306 e. The molecule has 0 heterocycles. The van der Waals surface area contributed by atoms with Crippen molar-refractivity contribution in [3.63, 3.8) is 0 Å². The van der Waals surface area contributed by atoms with Crippen LogP contribution >= 0.6 is 0 Å². The van der Waals surface area contributed by atoms with Gasteiger partial charge >= 0.3 is 5.97 Å². The maximum absolute atomic E-state index is 10.4. The number of rotatable bonds is 5. The van der Waals surface area contributed by atoms with Crippen LogP contribution in [0.5, 0.6) is 0 Å². The Morgan fingerprint density at radius 3 is 2.38 bits per heavy atom. The van der Waals surface area contributed by atoms with E-state index in [-0.39, 0.29) is 6.42 Å². The predicted octanol–water partition coefficient (Wildman–Crippen LogP) is 1.24. The van der Waals surface area contributed by atoms with Gasteiger partial charge in [0, 0.05) is 12.6 Å². The molecule has 4 heteroatoms. The van der Waals surface area contributed by atoms with Crippen molar-refractivity contribution in [2.24, 2.45) is 11.8 Å². The van der Waals surface area contributed by atoms with Crippen LogP contribution in [-0.4, -0.2) is 34.9 Å². The lowest BCUT2D eigenvalue weighted by molar-refractivity contribution is -0.139. The van der Waals surface area contributed by atoms with Crippen LogP contribution in [0.25, 0.3) is 0 Å². The van der Waals surface area contributed by atoms with Crippen molar-refractivity contribution >= 4 is 5.97 Å². The molecule has 3 unspecified atom stereocenters. The zero-order chi connectivity index (χ0) is 12.1. The molecule has 1 saturated carbocycles. The molecule has 1 rings (SSSR count). The maximum atomic E-state index is 10.4. The van der Waals surface area contributed by atoms with E-state index in [1.165, 1.54) is 6.42 Å². The Bertz CT molecular complexity index is 222. The van der Waals surface area contributed by atoms with E-state index in [0.29, 0.717) is 12.6 Å². The fraction of sp³-hybridized carbons (Fsp3) is 0.917. The van der Waals surface area contributed by atoms with Gasteiger partial charge in [-0.2, -0.15) is 0 Å². The van der Waals surface area contributed by atoms with Crippen molar-refractivity contribution in [3.8, 4) is 0 Å². The highest BCUT2D eigenvalue weighted by molar-refractivity contribution is 5.67. The number of aliphatic hydroxyl groups is 1. The van der Waals surface area contributed by atoms with E-state index in [0.717, 1.165) is 24.7 Å². The summed E-state index contributed by atoms with van der Waals surface area (Å²) in [5, 5.41) is 21.2. The molecule has 1 aliphatic carbocycles. The minimum Gasteiger partial charge on any atom is -0.481 e. The van der Waals surface area contributed by atoms with Crippen LogP contribution in [0, 0.1) is 11.8 Å². The monoisotopic (exact) mass is 229 g/mol. The van der Waals surface area contributed by atoms with Gasteiger partial charge in [-0.25, -0.2) is 0 Å². The Hall–Kier alpha value is -0.610. The van der Waals surface area contributed by atoms with Crippen LogP contribution in [-0.2, 0) is 4.79 Å². The molecular weight excluding hydrogens is 206 g/mol. The second-order valence-electron chi connectivity index (χ2n) is 5.27. The average Bonchev–Trinajstić information content (AvgIpc) is 2.12. The van der Waals surface area contributed by atoms with E-state index in [1.54, 1.807) is 0 Å². The lowest BCUT2D eigenvalue weighted by Gasteiger charge is -2.32. The highest BCUT2D eigenvalue weighted by Gasteiger charge is 2.24. The second kappa shape index (κ2) is 6.21. The van der Waals surface area contributed by atoms with Gasteiger partial charge in [0.2, 0.25) is 0 Å². The van der Waals surface area contributed by atoms with Crippen molar-refractivity contribution < 1.29 is 15.0 Å². The molecule has 0 bridgehead atoms. The molecule has 1 aliphatic rings. The molecule has 0 amide bonds. The van der Waals surface area contributed by atoms with Crippen molar-refractivity contribution in [1.82, 2.24) is 5.32 Å². The number of aliphatic hydroxyl groups excluding tert-OH is 1. The molecule has 0 aromatic carbocycles. The van der Waals surface area contributed by atoms with Crippen molar-refractivity contribution in [2.75, 3.05) is 6.54 Å². The predicted molar refractivity (Wildman–Crippen MR) is 62.2 cm³/mol. The summed E-state index contributed by atoms with van der Waals surface area (Å²) < 4.78 is 0. The SMILES string of the molecule is CC1CC(C)CC(NCC(O)CC(=O)O)C1. The van der Waals surface area contributed by atoms with Crippen LogP contribution in [0.1, 0.15) is 39.5 Å². The van der Waals surface area contributed by atoms with Crippen LogP contribution in [0.2, 0.25) is 0 Å². The standard InChI is InChI=1S/C12H23NO3/c1-8-3-9(2)5-10(4-8)13-7-11(14)6-12(15)16/h8-11,13-14H,3-7H2,1-2H3,(H,15,16). The number of nitrogens with one attached hydrogen (secondary N) is 1. The van der Waals surface area contributed by atoms with Gasteiger partial charge in [-0.1, -0.05) is 13.8 Å². The number of carbonyl (C=O) groups is 1. The Labute approximate surface area is 97.0 Å². The number of aliphatic carboxylic acids is 1. The normalized spacial score (nSPS) is 32.3. The third-order valence-electron chi connectivity index (χ3n) is 3.23. The lowest BCUT2D eigenvalue weighted by atomic mass is 9.80. The number of hydrogen-bond acceptors (Lipinski definition) is 3. The largest absolute Gasteiger partial charge is 0.481 e. The van der Waals surface area contributed by atoms with Crippen molar-refractivity contribution in [1.29, 1.82) is 0 Å². The quantitative estimate of drug-likeness (QED) is 0.663. The Kier molecular flexibility index (Phi) is 5.22. The fourth-order valence-electron chi connectivity index (χ4n) is 2.69. The van der Waals surface area contributed by atoms with Crippen molar-refractivity contribution in [3.05, 3.63) is 0 Å². The summed E-state index contributed by atoms with van der Waals surface area (Å²) in [6.07, 6.45) is 2.58. The van der Waals surface area contributed by atoms with E-state index >= 15 is 0 Å².